The molecule has 0 N–H and O–H groups in total. The van der Waals surface area contributed by atoms with Crippen molar-refractivity contribution in [3.05, 3.63) is 54.1 Å². The molecular weight excluding hydrogens is 345 g/mol. The number of hydrogen-bond donors (Lipinski definition) is 0. The Bertz CT molecular complexity index is 488. The molecule has 0 bridgehead atoms. The Kier molecular flexibility index (Phi) is 6.38. The van der Waals surface area contributed by atoms with E-state index in [4.69, 9.17) is 9.47 Å². The van der Waals surface area contributed by atoms with Crippen LogP contribution in [0.1, 0.15) is 5.56 Å². The van der Waals surface area contributed by atoms with Crippen LogP contribution in [0.25, 0.3) is 0 Å². The van der Waals surface area contributed by atoms with E-state index in [-0.39, 0.29) is 17.0 Å². The normalized spacial score (nSPS) is 9.50. The summed E-state index contributed by atoms with van der Waals surface area (Å²) < 4.78 is 12.4. The van der Waals surface area contributed by atoms with E-state index in [1.165, 1.54) is 4.16 Å². The molecule has 2 nitrogen and oxygen atoms in total. The van der Waals surface area contributed by atoms with Crippen molar-refractivity contribution in [1.29, 1.82) is 0 Å². The second-order valence-electron chi connectivity index (χ2n) is 3.76. The third-order valence-corrected chi connectivity index (χ3v) is 3.39. The molecule has 0 aliphatic carbocycles. The van der Waals surface area contributed by atoms with Crippen LogP contribution in [0.5, 0.6) is 11.5 Å². The summed E-state index contributed by atoms with van der Waals surface area (Å²) >= 11 is 1.12. The first-order valence-corrected chi connectivity index (χ1v) is 6.94. The molecule has 91 valence electrons. The van der Waals surface area contributed by atoms with Gasteiger partial charge in [-0.2, -0.15) is 0 Å². The first-order chi connectivity index (χ1) is 8.29. The van der Waals surface area contributed by atoms with Crippen molar-refractivity contribution < 1.29 is 27.8 Å². The van der Waals surface area contributed by atoms with Gasteiger partial charge in [0.2, 0.25) is 0 Å². The molecule has 0 radical (unpaired) electrons. The second-order valence-corrected chi connectivity index (χ2v) is 5.47. The topological polar surface area (TPSA) is 18.5 Å². The average molecular weight is 360 g/mol. The summed E-state index contributed by atoms with van der Waals surface area (Å²) in [4.78, 5) is 0. The van der Waals surface area contributed by atoms with Gasteiger partial charge >= 0.3 is 111 Å². The molecule has 0 aliphatic rings. The Balaban J connectivity index is 0.00000162. The molecule has 0 saturated heterocycles. The molecule has 0 unspecified atom stereocenters. The molecule has 0 saturated carbocycles. The molecule has 0 aromatic heterocycles. The minimum absolute atomic E-state index is 0. The molecule has 2 aromatic carbocycles. The number of hydrogen-bond acceptors (Lipinski definition) is 2. The molecule has 0 heterocycles. The van der Waals surface area contributed by atoms with Crippen molar-refractivity contribution in [3.8, 4) is 11.5 Å². The first kappa shape index (κ1) is 15.2. The molecule has 2 aromatic rings. The van der Waals surface area contributed by atoms with Crippen LogP contribution in [0.15, 0.2) is 48.5 Å². The van der Waals surface area contributed by atoms with Gasteiger partial charge in [-0.05, 0) is 0 Å². The first-order valence-electron chi connectivity index (χ1n) is 5.46. The van der Waals surface area contributed by atoms with Crippen LogP contribution in [0, 0.1) is 0 Å². The summed E-state index contributed by atoms with van der Waals surface area (Å²) in [5.74, 6) is 1.61. The van der Waals surface area contributed by atoms with Gasteiger partial charge in [0, 0.05) is 0 Å². The Morgan fingerprint density at radius 1 is 1.00 bits per heavy atom. The van der Waals surface area contributed by atoms with Crippen LogP contribution in [0.2, 0.25) is 0 Å². The van der Waals surface area contributed by atoms with E-state index < -0.39 is 0 Å². The summed E-state index contributed by atoms with van der Waals surface area (Å²) in [5, 5.41) is 0. The maximum absolute atomic E-state index is 5.76. The van der Waals surface area contributed by atoms with Crippen molar-refractivity contribution in [2.75, 3.05) is 7.11 Å². The number of benzene rings is 2. The van der Waals surface area contributed by atoms with E-state index in [1.54, 1.807) is 7.11 Å². The van der Waals surface area contributed by atoms with E-state index in [2.05, 4.69) is 6.07 Å². The van der Waals surface area contributed by atoms with Crippen LogP contribution in [-0.4, -0.2) is 7.11 Å². The standard InChI is InChI=1S/C14H13O2.BrH.Zn/c1-15-13-9-5-6-10-14(13)16-11-12-7-3-2-4-8-12;;/h2-4,6-10H,11H2,1H3;1H;. The van der Waals surface area contributed by atoms with Gasteiger partial charge < -0.3 is 0 Å². The Hall–Kier alpha value is -0.857. The van der Waals surface area contributed by atoms with Crippen molar-refractivity contribution in [2.45, 2.75) is 6.61 Å². The zero-order chi connectivity index (χ0) is 12.1. The molecule has 4 heteroatoms. The fraction of sp³-hybridized carbons (Fsp3) is 0.143. The zero-order valence-electron chi connectivity index (χ0n) is 10.3. The quantitative estimate of drug-likeness (QED) is 0.781. The van der Waals surface area contributed by atoms with E-state index in [9.17, 15) is 0 Å². The summed E-state index contributed by atoms with van der Waals surface area (Å²) in [7, 11) is 1.67. The fourth-order valence-electron chi connectivity index (χ4n) is 1.57. The Morgan fingerprint density at radius 3 is 2.39 bits per heavy atom. The van der Waals surface area contributed by atoms with Gasteiger partial charge in [0.15, 0.2) is 0 Å². The predicted molar refractivity (Wildman–Crippen MR) is 73.7 cm³/mol. The molecule has 0 amide bonds. The molecule has 0 atom stereocenters. The third-order valence-electron chi connectivity index (χ3n) is 2.47. The van der Waals surface area contributed by atoms with E-state index in [0.29, 0.717) is 6.61 Å². The molecule has 0 fully saturated rings. The Labute approximate surface area is 128 Å². The van der Waals surface area contributed by atoms with Crippen molar-refractivity contribution >= 4 is 21.1 Å². The second kappa shape index (κ2) is 7.55. The van der Waals surface area contributed by atoms with Crippen LogP contribution in [0.4, 0.5) is 0 Å². The van der Waals surface area contributed by atoms with Gasteiger partial charge in [-0.3, -0.25) is 0 Å². The number of halogens is 1. The van der Waals surface area contributed by atoms with Crippen molar-refractivity contribution in [3.63, 3.8) is 0 Å². The summed E-state index contributed by atoms with van der Waals surface area (Å²) in [6.45, 7) is 0.566. The van der Waals surface area contributed by atoms with Crippen molar-refractivity contribution in [2.24, 2.45) is 0 Å². The summed E-state index contributed by atoms with van der Waals surface area (Å²) in [5.41, 5.74) is 1.16. The van der Waals surface area contributed by atoms with Gasteiger partial charge in [0.05, 0.1) is 0 Å². The minimum atomic E-state index is 0. The SMILES string of the molecule is Br.COc1c[c]([Zn])ccc1OCc1ccccc1. The Morgan fingerprint density at radius 2 is 1.72 bits per heavy atom. The third kappa shape index (κ3) is 4.11. The number of ether oxygens (including phenoxy) is 2. The van der Waals surface area contributed by atoms with Gasteiger partial charge in [0.1, 0.15) is 0 Å². The van der Waals surface area contributed by atoms with Gasteiger partial charge in [0.25, 0.3) is 0 Å². The zero-order valence-corrected chi connectivity index (χ0v) is 14.9. The predicted octanol–water partition coefficient (Wildman–Crippen LogP) is 3.02. The molecule has 2 rings (SSSR count). The van der Waals surface area contributed by atoms with E-state index >= 15 is 0 Å². The van der Waals surface area contributed by atoms with E-state index in [1.807, 2.05) is 42.5 Å². The number of rotatable bonds is 4. The van der Waals surface area contributed by atoms with Gasteiger partial charge in [-0.1, -0.05) is 0 Å². The average Bonchev–Trinajstić information content (AvgIpc) is 2.38. The number of methoxy groups -OCH3 is 1. The molecule has 0 spiro atoms. The molecule has 18 heavy (non-hydrogen) atoms. The van der Waals surface area contributed by atoms with Crippen LogP contribution < -0.4 is 13.6 Å². The van der Waals surface area contributed by atoms with Crippen LogP contribution in [0.3, 0.4) is 0 Å². The molecular formula is C14H14BrO2Zn. The van der Waals surface area contributed by atoms with E-state index in [0.717, 1.165) is 35.4 Å². The maximum atomic E-state index is 5.76. The summed E-state index contributed by atoms with van der Waals surface area (Å²) in [6, 6.07) is 16.2. The fourth-order valence-corrected chi connectivity index (χ4v) is 2.20. The van der Waals surface area contributed by atoms with Crippen molar-refractivity contribution in [1.82, 2.24) is 0 Å². The van der Waals surface area contributed by atoms with Crippen LogP contribution >= 0.6 is 17.0 Å². The van der Waals surface area contributed by atoms with Gasteiger partial charge in [-0.15, -0.1) is 17.0 Å². The van der Waals surface area contributed by atoms with Crippen LogP contribution in [-0.2, 0) is 24.9 Å². The monoisotopic (exact) mass is 357 g/mol. The summed E-state index contributed by atoms with van der Waals surface area (Å²) in [6.07, 6.45) is 0. The van der Waals surface area contributed by atoms with Gasteiger partial charge in [-0.25, -0.2) is 0 Å². The molecule has 0 aliphatic heterocycles.